The van der Waals surface area contributed by atoms with E-state index in [4.69, 9.17) is 9.47 Å². The number of carbonyl (C=O) groups excluding carboxylic acids is 2. The van der Waals surface area contributed by atoms with Gasteiger partial charge in [0.1, 0.15) is 11.7 Å². The van der Waals surface area contributed by atoms with E-state index in [1.165, 1.54) is 0 Å². The summed E-state index contributed by atoms with van der Waals surface area (Å²) >= 11 is 0. The van der Waals surface area contributed by atoms with Gasteiger partial charge in [0, 0.05) is 6.42 Å². The molecular weight excluding hydrogens is 516 g/mol. The molecule has 5 rings (SSSR count). The second-order valence-corrected chi connectivity index (χ2v) is 16.1. The van der Waals surface area contributed by atoms with Crippen molar-refractivity contribution in [2.24, 2.45) is 58.2 Å². The standard InChI is InChI=1S/C35H58O6/c1-8-20(2)32(39)40-24-15-16-34(6)23(17-24)18-28(36)31-26-13-12-25(35(26,7)29(37)19-27(31)34)21(3)9-14-30(38)41-33(4,5)22-10-11-22/h20-29,31,36-37H,8-19H2,1-7H3. The number of ether oxygens (including phenoxy) is 2. The van der Waals surface area contributed by atoms with Gasteiger partial charge in [0.2, 0.25) is 0 Å². The van der Waals surface area contributed by atoms with E-state index in [2.05, 4.69) is 20.8 Å². The molecule has 0 amide bonds. The Bertz CT molecular complexity index is 974. The molecule has 5 fully saturated rings. The van der Waals surface area contributed by atoms with Crippen LogP contribution in [0.15, 0.2) is 0 Å². The van der Waals surface area contributed by atoms with Gasteiger partial charge in [0.15, 0.2) is 0 Å². The predicted octanol–water partition coefficient (Wildman–Crippen LogP) is 6.69. The third kappa shape index (κ3) is 5.63. The van der Waals surface area contributed by atoms with Crippen LogP contribution in [0.2, 0.25) is 0 Å². The smallest absolute Gasteiger partial charge is 0.308 e. The predicted molar refractivity (Wildman–Crippen MR) is 159 cm³/mol. The number of hydrogen-bond acceptors (Lipinski definition) is 6. The van der Waals surface area contributed by atoms with Crippen LogP contribution in [0.3, 0.4) is 0 Å². The van der Waals surface area contributed by atoms with Crippen molar-refractivity contribution in [3.05, 3.63) is 0 Å². The molecule has 6 heteroatoms. The van der Waals surface area contributed by atoms with Crippen molar-refractivity contribution >= 4 is 11.9 Å². The fraction of sp³-hybridized carbons (Fsp3) is 0.943. The SMILES string of the molecule is CCC(C)C(=O)OC1CCC2(C)C(C1)CC(O)C1C2CC(O)C2(C)C(C(C)CCC(=O)OC(C)(C)C3CC3)CCC12. The Kier molecular flexibility index (Phi) is 8.71. The van der Waals surface area contributed by atoms with Gasteiger partial charge >= 0.3 is 11.9 Å². The molecule has 5 saturated carbocycles. The maximum absolute atomic E-state index is 12.7. The van der Waals surface area contributed by atoms with Crippen LogP contribution in [0.4, 0.5) is 0 Å². The van der Waals surface area contributed by atoms with Crippen LogP contribution >= 0.6 is 0 Å². The summed E-state index contributed by atoms with van der Waals surface area (Å²) in [6.07, 6.45) is 9.72. The second-order valence-electron chi connectivity index (χ2n) is 16.1. The topological polar surface area (TPSA) is 93.1 Å². The minimum Gasteiger partial charge on any atom is -0.462 e. The third-order valence-corrected chi connectivity index (χ3v) is 13.5. The van der Waals surface area contributed by atoms with Crippen LogP contribution in [0.1, 0.15) is 126 Å². The van der Waals surface area contributed by atoms with Crippen LogP contribution in [0, 0.1) is 58.2 Å². The van der Waals surface area contributed by atoms with Crippen molar-refractivity contribution < 1.29 is 29.3 Å². The Morgan fingerprint density at radius 3 is 2.34 bits per heavy atom. The summed E-state index contributed by atoms with van der Waals surface area (Å²) in [5.74, 6) is 1.97. The highest BCUT2D eigenvalue weighted by Crippen LogP contribution is 2.68. The molecule has 234 valence electrons. The Morgan fingerprint density at radius 2 is 1.68 bits per heavy atom. The first-order chi connectivity index (χ1) is 19.2. The maximum Gasteiger partial charge on any atom is 0.308 e. The molecular formula is C35H58O6. The monoisotopic (exact) mass is 574 g/mol. The molecule has 12 atom stereocenters. The van der Waals surface area contributed by atoms with Crippen LogP contribution in [0.25, 0.3) is 0 Å². The average Bonchev–Trinajstić information content (AvgIpc) is 3.71. The van der Waals surface area contributed by atoms with Gasteiger partial charge in [-0.2, -0.15) is 0 Å². The van der Waals surface area contributed by atoms with Gasteiger partial charge in [0.25, 0.3) is 0 Å². The zero-order valence-electron chi connectivity index (χ0n) is 26.9. The molecule has 0 aromatic carbocycles. The molecule has 5 aliphatic rings. The summed E-state index contributed by atoms with van der Waals surface area (Å²) in [6, 6.07) is 0. The number of rotatable bonds is 9. The lowest BCUT2D eigenvalue weighted by atomic mass is 9.43. The fourth-order valence-electron chi connectivity index (χ4n) is 10.4. The number of aliphatic hydroxyl groups excluding tert-OH is 2. The molecule has 0 bridgehead atoms. The lowest BCUT2D eigenvalue weighted by Crippen LogP contribution is -2.62. The largest absolute Gasteiger partial charge is 0.462 e. The highest BCUT2D eigenvalue weighted by atomic mass is 16.6. The number of hydrogen-bond donors (Lipinski definition) is 2. The summed E-state index contributed by atoms with van der Waals surface area (Å²) in [4.78, 5) is 25.2. The van der Waals surface area contributed by atoms with Gasteiger partial charge in [-0.25, -0.2) is 0 Å². The summed E-state index contributed by atoms with van der Waals surface area (Å²) < 4.78 is 11.8. The van der Waals surface area contributed by atoms with Crippen molar-refractivity contribution in [1.82, 2.24) is 0 Å². The van der Waals surface area contributed by atoms with E-state index < -0.39 is 6.10 Å². The fourth-order valence-corrected chi connectivity index (χ4v) is 10.4. The minimum atomic E-state index is -0.409. The van der Waals surface area contributed by atoms with Crippen LogP contribution in [-0.2, 0) is 19.1 Å². The van der Waals surface area contributed by atoms with E-state index in [0.29, 0.717) is 30.1 Å². The van der Waals surface area contributed by atoms with Crippen LogP contribution < -0.4 is 0 Å². The molecule has 5 aliphatic carbocycles. The highest BCUT2D eigenvalue weighted by Gasteiger charge is 2.66. The van der Waals surface area contributed by atoms with Crippen molar-refractivity contribution in [2.45, 2.75) is 149 Å². The van der Waals surface area contributed by atoms with Gasteiger partial charge < -0.3 is 19.7 Å². The minimum absolute atomic E-state index is 0.0489. The Balaban J connectivity index is 1.25. The van der Waals surface area contributed by atoms with Crippen LogP contribution in [-0.4, -0.2) is 46.1 Å². The number of fused-ring (bicyclic) bond motifs is 5. The number of carbonyl (C=O) groups is 2. The van der Waals surface area contributed by atoms with E-state index >= 15 is 0 Å². The summed E-state index contributed by atoms with van der Waals surface area (Å²) in [5.41, 5.74) is -0.558. The van der Waals surface area contributed by atoms with Crippen LogP contribution in [0.5, 0.6) is 0 Å². The quantitative estimate of drug-likeness (QED) is 0.298. The van der Waals surface area contributed by atoms with Crippen molar-refractivity contribution in [2.75, 3.05) is 0 Å². The van der Waals surface area contributed by atoms with Crippen molar-refractivity contribution in [3.63, 3.8) is 0 Å². The molecule has 0 heterocycles. The van der Waals surface area contributed by atoms with Crippen molar-refractivity contribution in [3.8, 4) is 0 Å². The third-order valence-electron chi connectivity index (χ3n) is 13.5. The average molecular weight is 575 g/mol. The van der Waals surface area contributed by atoms with E-state index in [1.54, 1.807) is 0 Å². The van der Waals surface area contributed by atoms with E-state index in [9.17, 15) is 19.8 Å². The number of esters is 2. The van der Waals surface area contributed by atoms with Gasteiger partial charge in [-0.05, 0) is 137 Å². The first kappa shape index (κ1) is 31.3. The van der Waals surface area contributed by atoms with E-state index in [0.717, 1.165) is 70.6 Å². The van der Waals surface area contributed by atoms with Gasteiger partial charge in [-0.1, -0.05) is 34.6 Å². The maximum atomic E-state index is 12.7. The molecule has 41 heavy (non-hydrogen) atoms. The summed E-state index contributed by atoms with van der Waals surface area (Å²) in [6.45, 7) is 15.0. The first-order valence-corrected chi connectivity index (χ1v) is 17.0. The van der Waals surface area contributed by atoms with E-state index in [-0.39, 0.29) is 64.2 Å². The van der Waals surface area contributed by atoms with Gasteiger partial charge in [-0.3, -0.25) is 9.59 Å². The lowest BCUT2D eigenvalue weighted by molar-refractivity contribution is -0.210. The van der Waals surface area contributed by atoms with Crippen molar-refractivity contribution in [1.29, 1.82) is 0 Å². The molecule has 2 N–H and O–H groups in total. The zero-order chi connectivity index (χ0) is 29.9. The van der Waals surface area contributed by atoms with Gasteiger partial charge in [-0.15, -0.1) is 0 Å². The molecule has 0 aromatic heterocycles. The van der Waals surface area contributed by atoms with E-state index in [1.807, 2.05) is 27.7 Å². The summed E-state index contributed by atoms with van der Waals surface area (Å²) in [7, 11) is 0. The molecule has 0 aliphatic heterocycles. The Labute approximate surface area is 248 Å². The first-order valence-electron chi connectivity index (χ1n) is 17.0. The second kappa shape index (κ2) is 11.4. The normalized spacial score (nSPS) is 43.7. The molecule has 0 radical (unpaired) electrons. The highest BCUT2D eigenvalue weighted by molar-refractivity contribution is 5.72. The number of aliphatic hydroxyl groups is 2. The molecule has 0 spiro atoms. The molecule has 6 nitrogen and oxygen atoms in total. The zero-order valence-corrected chi connectivity index (χ0v) is 26.9. The molecule has 0 aromatic rings. The Hall–Kier alpha value is -1.14. The summed E-state index contributed by atoms with van der Waals surface area (Å²) in [5, 5.41) is 23.6. The van der Waals surface area contributed by atoms with Gasteiger partial charge in [0.05, 0.1) is 18.1 Å². The molecule has 0 saturated heterocycles. The molecule has 12 unspecified atom stereocenters. The Morgan fingerprint density at radius 1 is 0.976 bits per heavy atom. The lowest BCUT2D eigenvalue weighted by Gasteiger charge is -2.63.